The van der Waals surface area contributed by atoms with E-state index in [9.17, 15) is 4.79 Å². The van der Waals surface area contributed by atoms with Gasteiger partial charge in [0.15, 0.2) is 5.96 Å². The van der Waals surface area contributed by atoms with E-state index in [1.54, 1.807) is 0 Å². The fourth-order valence-electron chi connectivity index (χ4n) is 2.29. The van der Waals surface area contributed by atoms with Crippen LogP contribution in [0, 0.1) is 12.8 Å². The Hall–Kier alpha value is -0.960. The number of aryl methyl sites for hydroxylation is 1. The minimum absolute atomic E-state index is 0. The lowest BCUT2D eigenvalue weighted by atomic mass is 10.2. The van der Waals surface area contributed by atoms with Gasteiger partial charge in [0.05, 0.1) is 6.54 Å². The van der Waals surface area contributed by atoms with Crippen LogP contribution in [0.4, 0.5) is 0 Å². The first-order chi connectivity index (χ1) is 12.2. The maximum absolute atomic E-state index is 11.6. The second-order valence-corrected chi connectivity index (χ2v) is 7.40. The maximum Gasteiger partial charge on any atom is 0.223 e. The molecule has 1 aliphatic carbocycles. The fraction of sp³-hybridized carbons (Fsp3) is 0.579. The molecule has 1 fully saturated rings. The molecule has 5 nitrogen and oxygen atoms in total. The van der Waals surface area contributed by atoms with E-state index in [-0.39, 0.29) is 35.8 Å². The third-order valence-electron chi connectivity index (χ3n) is 3.90. The summed E-state index contributed by atoms with van der Waals surface area (Å²) in [5, 5.41) is 9.45. The van der Waals surface area contributed by atoms with Crippen LogP contribution in [0.15, 0.2) is 29.3 Å². The van der Waals surface area contributed by atoms with E-state index in [2.05, 4.69) is 59.1 Å². The van der Waals surface area contributed by atoms with Crippen molar-refractivity contribution in [3.63, 3.8) is 0 Å². The second kappa shape index (κ2) is 13.2. The van der Waals surface area contributed by atoms with E-state index in [0.29, 0.717) is 13.1 Å². The standard InChI is InChI=1S/C19H30N4OS.HI/c1-3-20-19(22-11-10-21-18(24)17-8-9-17)23-12-13-25-14-16-6-4-15(2)5-7-16;/h4-7,17H,3,8-14H2,1-2H3,(H,21,24)(H2,20,22,23);1H. The van der Waals surface area contributed by atoms with Crippen molar-refractivity contribution in [2.75, 3.05) is 31.9 Å². The molecule has 0 aromatic heterocycles. The number of hydrogen-bond donors (Lipinski definition) is 3. The van der Waals surface area contributed by atoms with E-state index < -0.39 is 0 Å². The molecule has 0 heterocycles. The van der Waals surface area contributed by atoms with Crippen molar-refractivity contribution in [2.45, 2.75) is 32.4 Å². The zero-order chi connectivity index (χ0) is 17.9. The van der Waals surface area contributed by atoms with Crippen LogP contribution in [0.1, 0.15) is 30.9 Å². The van der Waals surface area contributed by atoms with Gasteiger partial charge in [-0.3, -0.25) is 9.79 Å². The molecule has 0 bridgehead atoms. The summed E-state index contributed by atoms with van der Waals surface area (Å²) >= 11 is 1.90. The lowest BCUT2D eigenvalue weighted by Gasteiger charge is -2.11. The summed E-state index contributed by atoms with van der Waals surface area (Å²) in [6.45, 7) is 7.11. The minimum Gasteiger partial charge on any atom is -0.357 e. The van der Waals surface area contributed by atoms with Crippen molar-refractivity contribution < 1.29 is 4.79 Å². The number of nitrogens with zero attached hydrogens (tertiary/aromatic N) is 1. The monoisotopic (exact) mass is 490 g/mol. The largest absolute Gasteiger partial charge is 0.357 e. The Morgan fingerprint density at radius 1 is 1.15 bits per heavy atom. The number of nitrogens with one attached hydrogen (secondary N) is 3. The van der Waals surface area contributed by atoms with Crippen molar-refractivity contribution >= 4 is 47.6 Å². The molecular weight excluding hydrogens is 459 g/mol. The molecule has 2 rings (SSSR count). The van der Waals surface area contributed by atoms with Crippen molar-refractivity contribution in [3.05, 3.63) is 35.4 Å². The Morgan fingerprint density at radius 2 is 1.85 bits per heavy atom. The van der Waals surface area contributed by atoms with E-state index >= 15 is 0 Å². The number of carbonyl (C=O) groups is 1. The fourth-order valence-corrected chi connectivity index (χ4v) is 3.09. The SMILES string of the molecule is CCNC(=NCCSCc1ccc(C)cc1)NCCNC(=O)C1CC1.I. The van der Waals surface area contributed by atoms with E-state index in [4.69, 9.17) is 0 Å². The molecule has 7 heteroatoms. The van der Waals surface area contributed by atoms with Crippen LogP contribution < -0.4 is 16.0 Å². The molecule has 0 spiro atoms. The Morgan fingerprint density at radius 3 is 2.50 bits per heavy atom. The molecule has 0 unspecified atom stereocenters. The van der Waals surface area contributed by atoms with Gasteiger partial charge in [-0.05, 0) is 32.3 Å². The predicted octanol–water partition coefficient (Wildman–Crippen LogP) is 2.93. The van der Waals surface area contributed by atoms with Gasteiger partial charge in [-0.25, -0.2) is 0 Å². The highest BCUT2D eigenvalue weighted by Crippen LogP contribution is 2.28. The van der Waals surface area contributed by atoms with Gasteiger partial charge in [-0.2, -0.15) is 11.8 Å². The summed E-state index contributed by atoms with van der Waals surface area (Å²) < 4.78 is 0. The van der Waals surface area contributed by atoms with Gasteiger partial charge in [0.1, 0.15) is 0 Å². The third kappa shape index (κ3) is 9.66. The number of aliphatic imine (C=N–C) groups is 1. The number of carbonyl (C=O) groups excluding carboxylic acids is 1. The molecule has 0 saturated heterocycles. The first kappa shape index (κ1) is 23.1. The van der Waals surface area contributed by atoms with Gasteiger partial charge in [0.25, 0.3) is 0 Å². The zero-order valence-corrected chi connectivity index (χ0v) is 18.9. The molecule has 1 aromatic rings. The molecule has 0 atom stereocenters. The summed E-state index contributed by atoms with van der Waals surface area (Å²) in [4.78, 5) is 16.2. The Bertz CT molecular complexity index is 561. The number of rotatable bonds is 10. The summed E-state index contributed by atoms with van der Waals surface area (Å²) in [6.07, 6.45) is 2.09. The maximum atomic E-state index is 11.6. The molecule has 26 heavy (non-hydrogen) atoms. The van der Waals surface area contributed by atoms with Gasteiger partial charge >= 0.3 is 0 Å². The molecule has 1 aliphatic rings. The van der Waals surface area contributed by atoms with Crippen molar-refractivity contribution in [1.29, 1.82) is 0 Å². The lowest BCUT2D eigenvalue weighted by molar-refractivity contribution is -0.122. The predicted molar refractivity (Wildman–Crippen MR) is 122 cm³/mol. The molecule has 1 amide bonds. The highest BCUT2D eigenvalue weighted by atomic mass is 127. The summed E-state index contributed by atoms with van der Waals surface area (Å²) in [6, 6.07) is 8.69. The normalized spacial score (nSPS) is 13.7. The molecule has 3 N–H and O–H groups in total. The molecule has 1 aromatic carbocycles. The van der Waals surface area contributed by atoms with Crippen molar-refractivity contribution in [1.82, 2.24) is 16.0 Å². The number of halogens is 1. The van der Waals surface area contributed by atoms with E-state index in [1.165, 1.54) is 11.1 Å². The number of hydrogen-bond acceptors (Lipinski definition) is 3. The van der Waals surface area contributed by atoms with Gasteiger partial charge in [-0.1, -0.05) is 29.8 Å². The van der Waals surface area contributed by atoms with Crippen LogP contribution in [-0.4, -0.2) is 43.8 Å². The quantitative estimate of drug-likeness (QED) is 0.204. The summed E-state index contributed by atoms with van der Waals surface area (Å²) in [7, 11) is 0. The third-order valence-corrected chi connectivity index (χ3v) is 4.91. The average molecular weight is 490 g/mol. The van der Waals surface area contributed by atoms with Crippen LogP contribution >= 0.6 is 35.7 Å². The highest BCUT2D eigenvalue weighted by molar-refractivity contribution is 14.0. The van der Waals surface area contributed by atoms with Gasteiger partial charge < -0.3 is 16.0 Å². The summed E-state index contributed by atoms with van der Waals surface area (Å²) in [5.74, 6) is 3.29. The van der Waals surface area contributed by atoms with Gasteiger partial charge in [-0.15, -0.1) is 24.0 Å². The van der Waals surface area contributed by atoms with Crippen LogP contribution in [0.3, 0.4) is 0 Å². The summed E-state index contributed by atoms with van der Waals surface area (Å²) in [5.41, 5.74) is 2.66. The van der Waals surface area contributed by atoms with Crippen molar-refractivity contribution in [3.8, 4) is 0 Å². The number of guanidine groups is 1. The van der Waals surface area contributed by atoms with E-state index in [1.807, 2.05) is 11.8 Å². The number of thioether (sulfide) groups is 1. The smallest absolute Gasteiger partial charge is 0.223 e. The second-order valence-electron chi connectivity index (χ2n) is 6.29. The highest BCUT2D eigenvalue weighted by Gasteiger charge is 2.28. The van der Waals surface area contributed by atoms with Gasteiger partial charge in [0.2, 0.25) is 5.91 Å². The number of amides is 1. The van der Waals surface area contributed by atoms with E-state index in [0.717, 1.165) is 43.4 Å². The Labute approximate surface area is 178 Å². The first-order valence-electron chi connectivity index (χ1n) is 9.12. The average Bonchev–Trinajstić information content (AvgIpc) is 3.45. The van der Waals surface area contributed by atoms with Crippen LogP contribution in [0.25, 0.3) is 0 Å². The topological polar surface area (TPSA) is 65.5 Å². The molecule has 1 saturated carbocycles. The zero-order valence-electron chi connectivity index (χ0n) is 15.7. The van der Waals surface area contributed by atoms with Gasteiger partial charge in [0, 0.05) is 37.1 Å². The van der Waals surface area contributed by atoms with Crippen LogP contribution in [-0.2, 0) is 10.5 Å². The molecular formula is C19H31IN4OS. The van der Waals surface area contributed by atoms with Crippen LogP contribution in [0.5, 0.6) is 0 Å². The molecule has 0 radical (unpaired) electrons. The van der Waals surface area contributed by atoms with Crippen LogP contribution in [0.2, 0.25) is 0 Å². The minimum atomic E-state index is 0. The molecule has 0 aliphatic heterocycles. The van der Waals surface area contributed by atoms with Crippen molar-refractivity contribution in [2.24, 2.45) is 10.9 Å². The molecule has 146 valence electrons. The lowest BCUT2D eigenvalue weighted by Crippen LogP contribution is -2.41. The Kier molecular flexibility index (Phi) is 11.8. The number of benzene rings is 1. The first-order valence-corrected chi connectivity index (χ1v) is 10.3. The Balaban J connectivity index is 0.00000338.